The Hall–Kier alpha value is -2.63. The lowest BCUT2D eigenvalue weighted by Gasteiger charge is -2.12. The van der Waals surface area contributed by atoms with E-state index in [0.717, 1.165) is 17.7 Å². The van der Waals surface area contributed by atoms with Crippen molar-refractivity contribution >= 4 is 6.29 Å². The Bertz CT molecular complexity index is 615. The van der Waals surface area contributed by atoms with Gasteiger partial charge in [0.05, 0.1) is 5.56 Å². The van der Waals surface area contributed by atoms with Gasteiger partial charge in [0.1, 0.15) is 23.9 Å². The molecular weight excluding hydrogens is 282 g/mol. The number of halogens is 2. The molecule has 2 aromatic rings. The molecule has 6 heteroatoms. The van der Waals surface area contributed by atoms with Crippen molar-refractivity contribution in [3.63, 3.8) is 0 Å². The Kier molecular flexibility index (Phi) is 4.71. The first-order valence-electron chi connectivity index (χ1n) is 6.04. The normalized spacial score (nSPS) is 10.4. The second-order valence-corrected chi connectivity index (χ2v) is 4.12. The molecule has 0 bridgehead atoms. The standard InChI is InChI=1S/C15H12F2O4/c16-15(17)21-11-6-13(19)12(8-18)14(7-11)20-9-10-4-2-1-3-5-10/h1-8,15,19H,9H2. The Morgan fingerprint density at radius 3 is 2.52 bits per heavy atom. The summed E-state index contributed by atoms with van der Waals surface area (Å²) in [4.78, 5) is 11.0. The molecule has 0 fully saturated rings. The number of alkyl halides is 2. The summed E-state index contributed by atoms with van der Waals surface area (Å²) in [6, 6.07) is 11.1. The number of rotatable bonds is 6. The minimum atomic E-state index is -3.03. The summed E-state index contributed by atoms with van der Waals surface area (Å²) >= 11 is 0. The van der Waals surface area contributed by atoms with Gasteiger partial charge in [-0.15, -0.1) is 0 Å². The zero-order valence-corrected chi connectivity index (χ0v) is 10.8. The van der Waals surface area contributed by atoms with E-state index in [1.54, 1.807) is 12.1 Å². The van der Waals surface area contributed by atoms with Crippen LogP contribution in [0.4, 0.5) is 8.78 Å². The highest BCUT2D eigenvalue weighted by molar-refractivity contribution is 5.84. The molecule has 0 amide bonds. The minimum Gasteiger partial charge on any atom is -0.507 e. The highest BCUT2D eigenvalue weighted by Crippen LogP contribution is 2.33. The maximum atomic E-state index is 12.2. The van der Waals surface area contributed by atoms with Crippen molar-refractivity contribution in [2.75, 3.05) is 0 Å². The summed E-state index contributed by atoms with van der Waals surface area (Å²) in [6.07, 6.45) is 0.391. The number of hydrogen-bond acceptors (Lipinski definition) is 4. The van der Waals surface area contributed by atoms with Gasteiger partial charge in [0.2, 0.25) is 0 Å². The highest BCUT2D eigenvalue weighted by Gasteiger charge is 2.14. The lowest BCUT2D eigenvalue weighted by molar-refractivity contribution is -0.0500. The molecule has 2 aromatic carbocycles. The van der Waals surface area contributed by atoms with Gasteiger partial charge in [-0.1, -0.05) is 30.3 Å². The van der Waals surface area contributed by atoms with E-state index < -0.39 is 12.4 Å². The molecule has 0 radical (unpaired) electrons. The first kappa shape index (κ1) is 14.8. The van der Waals surface area contributed by atoms with Crippen LogP contribution in [0, 0.1) is 0 Å². The van der Waals surface area contributed by atoms with Crippen molar-refractivity contribution in [3.05, 3.63) is 53.6 Å². The van der Waals surface area contributed by atoms with Gasteiger partial charge in [0, 0.05) is 12.1 Å². The molecule has 21 heavy (non-hydrogen) atoms. The lowest BCUT2D eigenvalue weighted by Crippen LogP contribution is -2.04. The maximum absolute atomic E-state index is 12.2. The number of phenolic OH excluding ortho intramolecular Hbond substituents is 1. The third kappa shape index (κ3) is 3.92. The Balaban J connectivity index is 2.23. The zero-order valence-electron chi connectivity index (χ0n) is 10.8. The first-order chi connectivity index (χ1) is 10.1. The van der Waals surface area contributed by atoms with Gasteiger partial charge in [-0.3, -0.25) is 4.79 Å². The number of benzene rings is 2. The minimum absolute atomic E-state index is 0.0236. The Morgan fingerprint density at radius 1 is 1.19 bits per heavy atom. The molecule has 0 heterocycles. The first-order valence-corrected chi connectivity index (χ1v) is 6.04. The number of carbonyl (C=O) groups is 1. The van der Waals surface area contributed by atoms with Crippen molar-refractivity contribution < 1.29 is 28.2 Å². The molecular formula is C15H12F2O4. The molecule has 0 atom stereocenters. The molecule has 0 aliphatic heterocycles. The molecule has 2 rings (SSSR count). The van der Waals surface area contributed by atoms with Crippen molar-refractivity contribution in [1.82, 2.24) is 0 Å². The maximum Gasteiger partial charge on any atom is 0.387 e. The van der Waals surface area contributed by atoms with Gasteiger partial charge in [-0.05, 0) is 5.56 Å². The summed E-state index contributed by atoms with van der Waals surface area (Å²) < 4.78 is 34.0. The van der Waals surface area contributed by atoms with E-state index in [1.807, 2.05) is 18.2 Å². The molecule has 0 aliphatic carbocycles. The fourth-order valence-corrected chi connectivity index (χ4v) is 1.73. The molecule has 0 aliphatic rings. The van der Waals surface area contributed by atoms with E-state index in [9.17, 15) is 18.7 Å². The number of phenols is 1. The average Bonchev–Trinajstić information content (AvgIpc) is 2.45. The van der Waals surface area contributed by atoms with E-state index in [1.165, 1.54) is 0 Å². The third-order valence-corrected chi connectivity index (χ3v) is 2.67. The SMILES string of the molecule is O=Cc1c(O)cc(OC(F)F)cc1OCc1ccccc1. The average molecular weight is 294 g/mol. The van der Waals surface area contributed by atoms with Gasteiger partial charge in [0.25, 0.3) is 0 Å². The molecule has 0 saturated carbocycles. The van der Waals surface area contributed by atoms with E-state index in [0.29, 0.717) is 6.29 Å². The fraction of sp³-hybridized carbons (Fsp3) is 0.133. The summed E-state index contributed by atoms with van der Waals surface area (Å²) in [7, 11) is 0. The van der Waals surface area contributed by atoms with Crippen LogP contribution in [-0.2, 0) is 6.61 Å². The van der Waals surface area contributed by atoms with E-state index in [-0.39, 0.29) is 23.7 Å². The largest absolute Gasteiger partial charge is 0.507 e. The molecule has 110 valence electrons. The van der Waals surface area contributed by atoms with Gasteiger partial charge < -0.3 is 14.6 Å². The van der Waals surface area contributed by atoms with E-state index in [2.05, 4.69) is 4.74 Å². The van der Waals surface area contributed by atoms with Crippen molar-refractivity contribution in [2.24, 2.45) is 0 Å². The number of carbonyl (C=O) groups excluding carboxylic acids is 1. The molecule has 0 aromatic heterocycles. The van der Waals surface area contributed by atoms with Gasteiger partial charge in [0.15, 0.2) is 6.29 Å². The second-order valence-electron chi connectivity index (χ2n) is 4.12. The zero-order chi connectivity index (χ0) is 15.2. The molecule has 0 unspecified atom stereocenters. The molecule has 4 nitrogen and oxygen atoms in total. The summed E-state index contributed by atoms with van der Waals surface area (Å²) in [5.74, 6) is -0.785. The lowest BCUT2D eigenvalue weighted by atomic mass is 10.2. The molecule has 1 N–H and O–H groups in total. The van der Waals surface area contributed by atoms with Crippen LogP contribution in [0.1, 0.15) is 15.9 Å². The summed E-state index contributed by atoms with van der Waals surface area (Å²) in [5.41, 5.74) is 0.710. The van der Waals surface area contributed by atoms with Crippen LogP contribution >= 0.6 is 0 Å². The molecule has 0 saturated heterocycles. The van der Waals surface area contributed by atoms with Crippen LogP contribution in [0.5, 0.6) is 17.2 Å². The predicted octanol–water partition coefficient (Wildman–Crippen LogP) is 3.39. The van der Waals surface area contributed by atoms with Crippen LogP contribution in [0.2, 0.25) is 0 Å². The number of hydrogen-bond donors (Lipinski definition) is 1. The second kappa shape index (κ2) is 6.69. The number of aldehydes is 1. The third-order valence-electron chi connectivity index (χ3n) is 2.67. The van der Waals surface area contributed by atoms with Gasteiger partial charge in [-0.2, -0.15) is 8.78 Å². The van der Waals surface area contributed by atoms with Crippen LogP contribution in [0.3, 0.4) is 0 Å². The summed E-state index contributed by atoms with van der Waals surface area (Å²) in [5, 5.41) is 9.65. The topological polar surface area (TPSA) is 55.8 Å². The van der Waals surface area contributed by atoms with Crippen LogP contribution < -0.4 is 9.47 Å². The van der Waals surface area contributed by atoms with Crippen LogP contribution in [-0.4, -0.2) is 18.0 Å². The number of ether oxygens (including phenoxy) is 2. The highest BCUT2D eigenvalue weighted by atomic mass is 19.3. The molecule has 0 spiro atoms. The Morgan fingerprint density at radius 2 is 1.90 bits per heavy atom. The number of aromatic hydroxyl groups is 1. The van der Waals surface area contributed by atoms with Gasteiger partial charge in [-0.25, -0.2) is 0 Å². The van der Waals surface area contributed by atoms with Gasteiger partial charge >= 0.3 is 6.61 Å². The quantitative estimate of drug-likeness (QED) is 0.830. The van der Waals surface area contributed by atoms with Crippen molar-refractivity contribution in [3.8, 4) is 17.2 Å². The van der Waals surface area contributed by atoms with Crippen LogP contribution in [0.15, 0.2) is 42.5 Å². The van der Waals surface area contributed by atoms with Crippen molar-refractivity contribution in [2.45, 2.75) is 13.2 Å². The summed E-state index contributed by atoms with van der Waals surface area (Å²) in [6.45, 7) is -2.91. The smallest absolute Gasteiger partial charge is 0.387 e. The predicted molar refractivity (Wildman–Crippen MR) is 70.9 cm³/mol. The van der Waals surface area contributed by atoms with Crippen molar-refractivity contribution in [1.29, 1.82) is 0 Å². The monoisotopic (exact) mass is 294 g/mol. The Labute approximate surface area is 119 Å². The van der Waals surface area contributed by atoms with E-state index >= 15 is 0 Å². The fourth-order valence-electron chi connectivity index (χ4n) is 1.73. The van der Waals surface area contributed by atoms with E-state index in [4.69, 9.17) is 4.74 Å². The van der Waals surface area contributed by atoms with Crippen LogP contribution in [0.25, 0.3) is 0 Å².